The zero-order valence-corrected chi connectivity index (χ0v) is 11.5. The fourth-order valence-electron chi connectivity index (χ4n) is 1.26. The number of rotatable bonds is 5. The van der Waals surface area contributed by atoms with E-state index in [1.165, 1.54) is 24.3 Å². The van der Waals surface area contributed by atoms with Crippen molar-refractivity contribution >= 4 is 28.9 Å². The Labute approximate surface area is 120 Å². The Kier molecular flexibility index (Phi) is 6.33. The van der Waals surface area contributed by atoms with Crippen LogP contribution < -0.4 is 16.2 Å². The van der Waals surface area contributed by atoms with Gasteiger partial charge in [0.1, 0.15) is 0 Å². The Bertz CT molecular complexity index is 509. The molecule has 0 fully saturated rings. The summed E-state index contributed by atoms with van der Waals surface area (Å²) in [4.78, 5) is 21.8. The average molecular weight is 298 g/mol. The maximum atomic E-state index is 11.7. The molecule has 0 saturated heterocycles. The normalized spacial score (nSPS) is 9.65. The fraction of sp³-hybridized carbons (Fsp3) is 0.273. The van der Waals surface area contributed by atoms with Crippen LogP contribution in [0.5, 0.6) is 0 Å². The Hall–Kier alpha value is -2.26. The van der Waals surface area contributed by atoms with Crippen molar-refractivity contribution in [1.29, 1.82) is 0 Å². The second kappa shape index (κ2) is 8.02. The number of amides is 1. The van der Waals surface area contributed by atoms with Crippen molar-refractivity contribution in [2.24, 2.45) is 0 Å². The Morgan fingerprint density at radius 3 is 2.85 bits per heavy atom. The summed E-state index contributed by atoms with van der Waals surface area (Å²) in [5, 5.41) is 13.6. The van der Waals surface area contributed by atoms with Crippen molar-refractivity contribution in [3.8, 4) is 0 Å². The summed E-state index contributed by atoms with van der Waals surface area (Å²) in [5.74, 6) is -0.524. The Balaban J connectivity index is 2.48. The molecule has 0 spiro atoms. The summed E-state index contributed by atoms with van der Waals surface area (Å²) in [7, 11) is 1.56. The van der Waals surface area contributed by atoms with Crippen LogP contribution in [0.15, 0.2) is 24.3 Å². The average Bonchev–Trinajstić information content (AvgIpc) is 2.45. The predicted molar refractivity (Wildman–Crippen MR) is 76.2 cm³/mol. The van der Waals surface area contributed by atoms with Gasteiger partial charge in [-0.3, -0.25) is 25.8 Å². The Morgan fingerprint density at radius 2 is 2.20 bits per heavy atom. The smallest absolute Gasteiger partial charge is 0.270 e. The van der Waals surface area contributed by atoms with E-state index in [9.17, 15) is 14.9 Å². The van der Waals surface area contributed by atoms with Crippen molar-refractivity contribution in [3.63, 3.8) is 0 Å². The van der Waals surface area contributed by atoms with Crippen LogP contribution in [0.2, 0.25) is 0 Å². The summed E-state index contributed by atoms with van der Waals surface area (Å²) in [6, 6.07) is 5.38. The van der Waals surface area contributed by atoms with Crippen LogP contribution in [-0.2, 0) is 4.74 Å². The predicted octanol–water partition coefficient (Wildman–Crippen LogP) is 0.350. The van der Waals surface area contributed by atoms with E-state index in [4.69, 9.17) is 17.0 Å². The van der Waals surface area contributed by atoms with Crippen molar-refractivity contribution in [2.75, 3.05) is 20.3 Å². The zero-order valence-electron chi connectivity index (χ0n) is 10.7. The van der Waals surface area contributed by atoms with Gasteiger partial charge in [0, 0.05) is 31.4 Å². The molecule has 1 rings (SSSR count). The zero-order chi connectivity index (χ0) is 15.0. The summed E-state index contributed by atoms with van der Waals surface area (Å²) in [5.41, 5.74) is 4.82. The minimum atomic E-state index is -0.568. The Morgan fingerprint density at radius 1 is 1.45 bits per heavy atom. The third kappa shape index (κ3) is 5.16. The number of carbonyl (C=O) groups excluding carboxylic acids is 1. The summed E-state index contributed by atoms with van der Waals surface area (Å²) < 4.78 is 4.82. The lowest BCUT2D eigenvalue weighted by Gasteiger charge is -2.11. The largest absolute Gasteiger partial charge is 0.383 e. The fourth-order valence-corrected chi connectivity index (χ4v) is 1.41. The maximum Gasteiger partial charge on any atom is 0.270 e. The molecule has 0 atom stereocenters. The highest BCUT2D eigenvalue weighted by atomic mass is 32.1. The van der Waals surface area contributed by atoms with E-state index < -0.39 is 10.8 Å². The number of methoxy groups -OCH3 is 1. The van der Waals surface area contributed by atoms with E-state index in [1.807, 2.05) is 0 Å². The molecule has 0 saturated carbocycles. The van der Waals surface area contributed by atoms with Gasteiger partial charge in [-0.1, -0.05) is 6.07 Å². The van der Waals surface area contributed by atoms with Gasteiger partial charge in [-0.05, 0) is 18.3 Å². The van der Waals surface area contributed by atoms with Gasteiger partial charge in [0.25, 0.3) is 11.6 Å². The molecule has 108 valence electrons. The van der Waals surface area contributed by atoms with Crippen molar-refractivity contribution in [2.45, 2.75) is 0 Å². The number of hydrazine groups is 1. The van der Waals surface area contributed by atoms with Crippen molar-refractivity contribution in [3.05, 3.63) is 39.9 Å². The third-order valence-electron chi connectivity index (χ3n) is 2.20. The molecule has 0 bridgehead atoms. The summed E-state index contributed by atoms with van der Waals surface area (Å²) in [6.45, 7) is 0.968. The minimum absolute atomic E-state index is 0.154. The molecular formula is C11H14N4O4S. The molecule has 3 N–H and O–H groups in total. The van der Waals surface area contributed by atoms with E-state index in [0.717, 1.165) is 0 Å². The molecule has 20 heavy (non-hydrogen) atoms. The van der Waals surface area contributed by atoms with Crippen LogP contribution in [0, 0.1) is 10.1 Å². The number of non-ortho nitro benzene ring substituents is 1. The first-order chi connectivity index (χ1) is 9.54. The van der Waals surface area contributed by atoms with E-state index >= 15 is 0 Å². The highest BCUT2D eigenvalue weighted by molar-refractivity contribution is 7.80. The summed E-state index contributed by atoms with van der Waals surface area (Å²) >= 11 is 4.90. The van der Waals surface area contributed by atoms with Gasteiger partial charge in [-0.25, -0.2) is 0 Å². The van der Waals surface area contributed by atoms with Crippen molar-refractivity contribution < 1.29 is 14.5 Å². The van der Waals surface area contributed by atoms with Crippen LogP contribution in [0.3, 0.4) is 0 Å². The highest BCUT2D eigenvalue weighted by Crippen LogP contribution is 2.12. The second-order valence-corrected chi connectivity index (χ2v) is 4.04. The first-order valence-electron chi connectivity index (χ1n) is 5.62. The van der Waals surface area contributed by atoms with E-state index in [2.05, 4.69) is 16.2 Å². The molecule has 0 radical (unpaired) electrons. The molecule has 0 heterocycles. The van der Waals surface area contributed by atoms with Crippen LogP contribution in [-0.4, -0.2) is 36.2 Å². The highest BCUT2D eigenvalue weighted by Gasteiger charge is 2.11. The van der Waals surface area contributed by atoms with E-state index in [1.54, 1.807) is 7.11 Å². The second-order valence-electron chi connectivity index (χ2n) is 3.64. The molecular weight excluding hydrogens is 284 g/mol. The van der Waals surface area contributed by atoms with Crippen LogP contribution in [0.4, 0.5) is 5.69 Å². The quantitative estimate of drug-likeness (QED) is 0.312. The number of benzene rings is 1. The number of thiocarbonyl (C=S) groups is 1. The summed E-state index contributed by atoms with van der Waals surface area (Å²) in [6.07, 6.45) is 0. The SMILES string of the molecule is COCCNC(=S)NNC(=O)c1cccc([N+](=O)[O-])c1. The van der Waals surface area contributed by atoms with E-state index in [-0.39, 0.29) is 16.4 Å². The number of ether oxygens (including phenoxy) is 1. The standard InChI is InChI=1S/C11H14N4O4S/c1-19-6-5-12-11(20)14-13-10(16)8-3-2-4-9(7-8)15(17)18/h2-4,7H,5-6H2,1H3,(H,13,16)(H2,12,14,20). The van der Waals surface area contributed by atoms with Gasteiger partial charge >= 0.3 is 0 Å². The molecule has 0 unspecified atom stereocenters. The lowest BCUT2D eigenvalue weighted by molar-refractivity contribution is -0.384. The lowest BCUT2D eigenvalue weighted by Crippen LogP contribution is -2.47. The molecule has 0 aliphatic carbocycles. The number of hydrogen-bond acceptors (Lipinski definition) is 5. The van der Waals surface area contributed by atoms with Gasteiger partial charge in [-0.2, -0.15) is 0 Å². The lowest BCUT2D eigenvalue weighted by atomic mass is 10.2. The number of nitrogens with zero attached hydrogens (tertiary/aromatic N) is 1. The van der Waals surface area contributed by atoms with Gasteiger partial charge < -0.3 is 10.1 Å². The number of nitro benzene ring substituents is 1. The molecule has 8 nitrogen and oxygen atoms in total. The first-order valence-corrected chi connectivity index (χ1v) is 6.03. The molecule has 1 aromatic rings. The number of carbonyl (C=O) groups is 1. The van der Waals surface area contributed by atoms with Gasteiger partial charge in [0.15, 0.2) is 5.11 Å². The molecule has 0 aromatic heterocycles. The minimum Gasteiger partial charge on any atom is -0.383 e. The molecule has 0 aliphatic rings. The molecule has 1 amide bonds. The maximum absolute atomic E-state index is 11.7. The van der Waals surface area contributed by atoms with Crippen LogP contribution >= 0.6 is 12.2 Å². The van der Waals surface area contributed by atoms with Crippen LogP contribution in [0.1, 0.15) is 10.4 Å². The topological polar surface area (TPSA) is 106 Å². The number of hydrogen-bond donors (Lipinski definition) is 3. The number of nitro groups is 1. The molecule has 1 aromatic carbocycles. The molecule has 0 aliphatic heterocycles. The van der Waals surface area contributed by atoms with Gasteiger partial charge in [0.05, 0.1) is 11.5 Å². The van der Waals surface area contributed by atoms with Crippen LogP contribution in [0.25, 0.3) is 0 Å². The number of nitrogens with one attached hydrogen (secondary N) is 3. The van der Waals surface area contributed by atoms with Gasteiger partial charge in [-0.15, -0.1) is 0 Å². The third-order valence-corrected chi connectivity index (χ3v) is 2.45. The molecule has 9 heteroatoms. The van der Waals surface area contributed by atoms with Gasteiger partial charge in [0.2, 0.25) is 0 Å². The van der Waals surface area contributed by atoms with Crippen molar-refractivity contribution in [1.82, 2.24) is 16.2 Å². The van der Waals surface area contributed by atoms with E-state index in [0.29, 0.717) is 13.2 Å². The first kappa shape index (κ1) is 15.8. The monoisotopic (exact) mass is 298 g/mol.